The quantitative estimate of drug-likeness (QED) is 0.443. The summed E-state index contributed by atoms with van der Waals surface area (Å²) < 4.78 is 6.12. The van der Waals surface area contributed by atoms with Gasteiger partial charge in [0.05, 0.1) is 17.5 Å². The maximum Gasteiger partial charge on any atom is 0.238 e. The Kier molecular flexibility index (Phi) is 3.39. The van der Waals surface area contributed by atoms with E-state index in [-0.39, 0.29) is 35.5 Å². The zero-order valence-corrected chi connectivity index (χ0v) is 16.8. The van der Waals surface area contributed by atoms with Crippen LogP contribution in [-0.4, -0.2) is 11.8 Å². The van der Waals surface area contributed by atoms with Gasteiger partial charge in [0.2, 0.25) is 11.8 Å². The lowest BCUT2D eigenvalue weighted by atomic mass is 9.63. The first-order valence-corrected chi connectivity index (χ1v) is 11.0. The first-order chi connectivity index (χ1) is 15.2. The Labute approximate surface area is 180 Å². The molecule has 3 fully saturated rings. The van der Waals surface area contributed by atoms with Gasteiger partial charge in [-0.25, -0.2) is 0 Å². The van der Waals surface area contributed by atoms with Gasteiger partial charge in [-0.05, 0) is 65.8 Å². The van der Waals surface area contributed by atoms with Crippen LogP contribution in [0.1, 0.15) is 6.42 Å². The number of fused-ring (bicyclic) bond motifs is 1. The molecule has 4 nitrogen and oxygen atoms in total. The van der Waals surface area contributed by atoms with Gasteiger partial charge >= 0.3 is 0 Å². The van der Waals surface area contributed by atoms with Crippen LogP contribution in [0.4, 0.5) is 5.69 Å². The van der Waals surface area contributed by atoms with Crippen LogP contribution in [0.15, 0.2) is 78.9 Å². The van der Waals surface area contributed by atoms with Crippen molar-refractivity contribution in [2.75, 3.05) is 4.90 Å². The van der Waals surface area contributed by atoms with Crippen LogP contribution in [0.2, 0.25) is 0 Å². The van der Waals surface area contributed by atoms with E-state index in [2.05, 4.69) is 24.3 Å². The molecule has 0 aromatic heterocycles. The van der Waals surface area contributed by atoms with Gasteiger partial charge in [-0.2, -0.15) is 0 Å². The molecule has 5 aliphatic rings. The second-order valence-electron chi connectivity index (χ2n) is 9.24. The van der Waals surface area contributed by atoms with Crippen molar-refractivity contribution in [2.45, 2.75) is 6.42 Å². The lowest BCUT2D eigenvalue weighted by molar-refractivity contribution is -0.124. The Morgan fingerprint density at radius 3 is 2.10 bits per heavy atom. The van der Waals surface area contributed by atoms with Crippen LogP contribution in [0.5, 0.6) is 11.5 Å². The van der Waals surface area contributed by atoms with Gasteiger partial charge in [0.25, 0.3) is 0 Å². The lowest BCUT2D eigenvalue weighted by Gasteiger charge is -2.37. The number of rotatable bonds is 3. The van der Waals surface area contributed by atoms with Gasteiger partial charge in [-0.3, -0.25) is 14.5 Å². The molecule has 0 unspecified atom stereocenters. The predicted octanol–water partition coefficient (Wildman–Crippen LogP) is 5.19. The molecular weight excluding hydrogens is 386 g/mol. The molecule has 4 aliphatic carbocycles. The van der Waals surface area contributed by atoms with Gasteiger partial charge in [0.1, 0.15) is 11.5 Å². The summed E-state index contributed by atoms with van der Waals surface area (Å²) in [6, 6.07) is 21.4. The van der Waals surface area contributed by atoms with Gasteiger partial charge in [-0.1, -0.05) is 48.6 Å². The summed E-state index contributed by atoms with van der Waals surface area (Å²) in [4.78, 5) is 28.0. The number of benzene rings is 3. The number of ether oxygens (including phenoxy) is 1. The smallest absolute Gasteiger partial charge is 0.238 e. The largest absolute Gasteiger partial charge is 0.457 e. The summed E-state index contributed by atoms with van der Waals surface area (Å²) in [5.74, 6) is 2.80. The molecule has 0 radical (unpaired) electrons. The monoisotopic (exact) mass is 407 g/mol. The molecule has 3 aromatic carbocycles. The van der Waals surface area contributed by atoms with E-state index in [9.17, 15) is 9.59 Å². The summed E-state index contributed by atoms with van der Waals surface area (Å²) in [7, 11) is 0. The highest BCUT2D eigenvalue weighted by Crippen LogP contribution is 2.65. The van der Waals surface area contributed by atoms with Crippen LogP contribution in [-0.2, 0) is 9.59 Å². The molecule has 31 heavy (non-hydrogen) atoms. The van der Waals surface area contributed by atoms with Crippen molar-refractivity contribution < 1.29 is 14.3 Å². The van der Waals surface area contributed by atoms with Gasteiger partial charge in [0, 0.05) is 5.39 Å². The molecule has 3 aromatic rings. The molecule has 2 bridgehead atoms. The van der Waals surface area contributed by atoms with Crippen molar-refractivity contribution >= 4 is 28.3 Å². The minimum Gasteiger partial charge on any atom is -0.457 e. The number of allylic oxidation sites excluding steroid dienone is 2. The Bertz CT molecular complexity index is 1240. The van der Waals surface area contributed by atoms with Crippen LogP contribution < -0.4 is 9.64 Å². The standard InChI is InChI=1S/C27H21NO3/c29-26-24-19-12-13-20(22-14-21(19)22)25(24)27(30)28(26)16-8-10-17(11-9-16)31-23-7-3-5-15-4-1-2-6-18(15)23/h1-13,19-22,24-25H,14H2/t19-,20-,21-,22+,24-,25+/m0/s1. The van der Waals surface area contributed by atoms with Crippen LogP contribution in [0.3, 0.4) is 0 Å². The highest BCUT2D eigenvalue weighted by Gasteiger charge is 2.67. The van der Waals surface area contributed by atoms with E-state index in [1.54, 1.807) is 0 Å². The minimum absolute atomic E-state index is 0.0255. The third kappa shape index (κ3) is 2.36. The number of imide groups is 1. The zero-order valence-electron chi connectivity index (χ0n) is 16.8. The number of amides is 2. The molecule has 6 atom stereocenters. The Balaban J connectivity index is 1.17. The molecule has 0 N–H and O–H groups in total. The fourth-order valence-corrected chi connectivity index (χ4v) is 6.29. The summed E-state index contributed by atoms with van der Waals surface area (Å²) >= 11 is 0. The molecule has 2 amide bonds. The predicted molar refractivity (Wildman–Crippen MR) is 118 cm³/mol. The van der Waals surface area contributed by atoms with E-state index >= 15 is 0 Å². The lowest BCUT2D eigenvalue weighted by Crippen LogP contribution is -2.40. The molecule has 1 saturated heterocycles. The van der Waals surface area contributed by atoms with Crippen molar-refractivity contribution in [3.05, 3.63) is 78.9 Å². The zero-order chi connectivity index (χ0) is 20.7. The third-order valence-corrected chi connectivity index (χ3v) is 7.74. The maximum atomic E-state index is 13.3. The van der Waals surface area contributed by atoms with E-state index < -0.39 is 0 Å². The van der Waals surface area contributed by atoms with Gasteiger partial charge < -0.3 is 4.74 Å². The van der Waals surface area contributed by atoms with Gasteiger partial charge in [-0.15, -0.1) is 0 Å². The Morgan fingerprint density at radius 1 is 0.742 bits per heavy atom. The maximum absolute atomic E-state index is 13.3. The molecule has 8 rings (SSSR count). The molecular formula is C27H21NO3. The normalized spacial score (nSPS) is 32.3. The van der Waals surface area contributed by atoms with Crippen molar-refractivity contribution in [1.29, 1.82) is 0 Å². The van der Waals surface area contributed by atoms with Crippen molar-refractivity contribution in [3.63, 3.8) is 0 Å². The van der Waals surface area contributed by atoms with E-state index in [1.165, 1.54) is 11.3 Å². The number of hydrogen-bond donors (Lipinski definition) is 0. The Hall–Kier alpha value is -3.40. The number of anilines is 1. The molecule has 1 heterocycles. The number of carbonyl (C=O) groups excluding carboxylic acids is 2. The minimum atomic E-state index is -0.169. The van der Waals surface area contributed by atoms with Crippen molar-refractivity contribution in [3.8, 4) is 11.5 Å². The van der Waals surface area contributed by atoms with Crippen LogP contribution in [0, 0.1) is 35.5 Å². The molecule has 0 spiro atoms. The molecule has 152 valence electrons. The average molecular weight is 407 g/mol. The first kappa shape index (κ1) is 17.3. The molecule has 2 saturated carbocycles. The summed E-state index contributed by atoms with van der Waals surface area (Å²) in [5, 5.41) is 2.17. The average Bonchev–Trinajstić information content (AvgIpc) is 3.58. The SMILES string of the molecule is O=C1[C@@H]2[C@H]3C=C[C@@H]([C@@H]4C[C@H]34)[C@@H]2C(=O)N1c1ccc(Oc2cccc3ccccc23)cc1. The topological polar surface area (TPSA) is 46.6 Å². The van der Waals surface area contributed by atoms with E-state index in [0.717, 1.165) is 16.5 Å². The Morgan fingerprint density at radius 2 is 1.39 bits per heavy atom. The fraction of sp³-hybridized carbons (Fsp3) is 0.259. The van der Waals surface area contributed by atoms with E-state index in [0.29, 0.717) is 23.3 Å². The molecule has 4 heteroatoms. The van der Waals surface area contributed by atoms with Crippen LogP contribution in [0.25, 0.3) is 10.8 Å². The summed E-state index contributed by atoms with van der Waals surface area (Å²) in [6.07, 6.45) is 5.59. The first-order valence-electron chi connectivity index (χ1n) is 11.0. The van der Waals surface area contributed by atoms with Crippen molar-refractivity contribution in [2.24, 2.45) is 35.5 Å². The highest BCUT2D eigenvalue weighted by molar-refractivity contribution is 6.22. The van der Waals surface area contributed by atoms with Gasteiger partial charge in [0.15, 0.2) is 0 Å². The number of hydrogen-bond acceptors (Lipinski definition) is 3. The van der Waals surface area contributed by atoms with Crippen molar-refractivity contribution in [1.82, 2.24) is 0 Å². The second-order valence-corrected chi connectivity index (χ2v) is 9.24. The highest BCUT2D eigenvalue weighted by atomic mass is 16.5. The summed E-state index contributed by atoms with van der Waals surface area (Å²) in [6.45, 7) is 0. The number of nitrogens with zero attached hydrogens (tertiary/aromatic N) is 1. The van der Waals surface area contributed by atoms with Crippen LogP contribution >= 0.6 is 0 Å². The van der Waals surface area contributed by atoms with E-state index in [4.69, 9.17) is 4.74 Å². The summed E-state index contributed by atoms with van der Waals surface area (Å²) in [5.41, 5.74) is 0.641. The second kappa shape index (κ2) is 6.07. The fourth-order valence-electron chi connectivity index (χ4n) is 6.29. The number of carbonyl (C=O) groups is 2. The molecule has 1 aliphatic heterocycles. The third-order valence-electron chi connectivity index (χ3n) is 7.74. The van der Waals surface area contributed by atoms with E-state index in [1.807, 2.05) is 54.6 Å².